The number of anilines is 1. The average Bonchev–Trinajstić information content (AvgIpc) is 2.38. The standard InChI is InChI=1S/C14H23N3O2/c1-10(2)6-5-7-11(3)17-13-12(14(18)19-4)8-15-9-16-13/h8-11H,5-7H2,1-4H3,(H,15,16,17). The zero-order valence-corrected chi connectivity index (χ0v) is 12.1. The Kier molecular flexibility index (Phi) is 6.25. The summed E-state index contributed by atoms with van der Waals surface area (Å²) in [6.07, 6.45) is 6.31. The van der Waals surface area contributed by atoms with Crippen LogP contribution >= 0.6 is 0 Å². The van der Waals surface area contributed by atoms with Crippen LogP contribution in [0, 0.1) is 5.92 Å². The van der Waals surface area contributed by atoms with Crippen molar-refractivity contribution in [2.24, 2.45) is 5.92 Å². The first-order valence-electron chi connectivity index (χ1n) is 6.69. The third kappa shape index (κ3) is 5.24. The van der Waals surface area contributed by atoms with Crippen molar-refractivity contribution in [3.05, 3.63) is 18.1 Å². The van der Waals surface area contributed by atoms with E-state index in [1.165, 1.54) is 26.1 Å². The van der Waals surface area contributed by atoms with Crippen LogP contribution in [0.4, 0.5) is 5.82 Å². The summed E-state index contributed by atoms with van der Waals surface area (Å²) in [7, 11) is 1.35. The van der Waals surface area contributed by atoms with Crippen molar-refractivity contribution in [2.45, 2.75) is 46.1 Å². The first-order chi connectivity index (χ1) is 9.04. The number of hydrogen-bond donors (Lipinski definition) is 1. The van der Waals surface area contributed by atoms with Gasteiger partial charge in [0.2, 0.25) is 0 Å². The van der Waals surface area contributed by atoms with Crippen molar-refractivity contribution < 1.29 is 9.53 Å². The maximum atomic E-state index is 11.6. The molecule has 1 rings (SSSR count). The quantitative estimate of drug-likeness (QED) is 0.768. The summed E-state index contributed by atoms with van der Waals surface area (Å²) in [5.74, 6) is 0.841. The molecular weight excluding hydrogens is 242 g/mol. The molecule has 0 aliphatic heterocycles. The lowest BCUT2D eigenvalue weighted by Gasteiger charge is -2.16. The fourth-order valence-corrected chi connectivity index (χ4v) is 1.84. The number of methoxy groups -OCH3 is 1. The van der Waals surface area contributed by atoms with Crippen molar-refractivity contribution in [1.29, 1.82) is 0 Å². The minimum atomic E-state index is -0.419. The molecule has 0 aliphatic carbocycles. The van der Waals surface area contributed by atoms with Gasteiger partial charge in [-0.15, -0.1) is 0 Å². The van der Waals surface area contributed by atoms with E-state index < -0.39 is 5.97 Å². The molecule has 0 radical (unpaired) electrons. The van der Waals surface area contributed by atoms with Gasteiger partial charge in [0.05, 0.1) is 7.11 Å². The van der Waals surface area contributed by atoms with Crippen LogP contribution in [0.2, 0.25) is 0 Å². The average molecular weight is 265 g/mol. The minimum absolute atomic E-state index is 0.261. The lowest BCUT2D eigenvalue weighted by molar-refractivity contribution is 0.0601. The molecule has 1 atom stereocenters. The van der Waals surface area contributed by atoms with E-state index in [-0.39, 0.29) is 6.04 Å². The summed E-state index contributed by atoms with van der Waals surface area (Å²) >= 11 is 0. The third-order valence-electron chi connectivity index (χ3n) is 2.92. The van der Waals surface area contributed by atoms with E-state index in [4.69, 9.17) is 4.74 Å². The van der Waals surface area contributed by atoms with Crippen LogP contribution in [0.5, 0.6) is 0 Å². The normalized spacial score (nSPS) is 12.3. The highest BCUT2D eigenvalue weighted by Crippen LogP contribution is 2.15. The summed E-state index contributed by atoms with van der Waals surface area (Å²) in [5, 5.41) is 3.25. The van der Waals surface area contributed by atoms with Gasteiger partial charge in [0.25, 0.3) is 0 Å². The maximum absolute atomic E-state index is 11.6. The molecule has 0 bridgehead atoms. The number of ether oxygens (including phenoxy) is 1. The highest BCUT2D eigenvalue weighted by Gasteiger charge is 2.14. The summed E-state index contributed by atoms with van der Waals surface area (Å²) in [6.45, 7) is 6.53. The Bertz CT molecular complexity index is 407. The fraction of sp³-hybridized carbons (Fsp3) is 0.643. The molecule has 1 heterocycles. The molecule has 1 aromatic heterocycles. The second-order valence-corrected chi connectivity index (χ2v) is 5.15. The van der Waals surface area contributed by atoms with Gasteiger partial charge < -0.3 is 10.1 Å². The van der Waals surface area contributed by atoms with E-state index in [0.717, 1.165) is 18.8 Å². The predicted molar refractivity (Wildman–Crippen MR) is 75.1 cm³/mol. The molecule has 1 unspecified atom stereocenters. The van der Waals surface area contributed by atoms with Crippen LogP contribution in [0.25, 0.3) is 0 Å². The molecule has 0 fully saturated rings. The number of aromatic nitrogens is 2. The number of hydrogen-bond acceptors (Lipinski definition) is 5. The Hall–Kier alpha value is -1.65. The van der Waals surface area contributed by atoms with Crippen molar-refractivity contribution in [1.82, 2.24) is 9.97 Å². The van der Waals surface area contributed by atoms with Crippen molar-refractivity contribution in [2.75, 3.05) is 12.4 Å². The van der Waals surface area contributed by atoms with Gasteiger partial charge in [-0.3, -0.25) is 0 Å². The smallest absolute Gasteiger partial charge is 0.343 e. The molecule has 106 valence electrons. The molecule has 0 saturated heterocycles. The summed E-state index contributed by atoms with van der Waals surface area (Å²) in [6, 6.07) is 0.261. The molecule has 19 heavy (non-hydrogen) atoms. The van der Waals surface area contributed by atoms with E-state index >= 15 is 0 Å². The van der Waals surface area contributed by atoms with Gasteiger partial charge in [0.1, 0.15) is 17.7 Å². The van der Waals surface area contributed by atoms with Crippen LogP contribution in [-0.4, -0.2) is 29.1 Å². The molecule has 0 spiro atoms. The lowest BCUT2D eigenvalue weighted by Crippen LogP contribution is -2.19. The van der Waals surface area contributed by atoms with Crippen molar-refractivity contribution >= 4 is 11.8 Å². The number of nitrogens with one attached hydrogen (secondary N) is 1. The Morgan fingerprint density at radius 3 is 2.74 bits per heavy atom. The van der Waals surface area contributed by atoms with E-state index in [9.17, 15) is 4.79 Å². The number of carbonyl (C=O) groups is 1. The van der Waals surface area contributed by atoms with Gasteiger partial charge in [-0.05, 0) is 19.3 Å². The summed E-state index contributed by atoms with van der Waals surface area (Å²) in [5.41, 5.74) is 0.376. The van der Waals surface area contributed by atoms with E-state index in [1.54, 1.807) is 0 Å². The van der Waals surface area contributed by atoms with E-state index in [0.29, 0.717) is 11.4 Å². The topological polar surface area (TPSA) is 64.1 Å². The molecule has 5 nitrogen and oxygen atoms in total. The molecule has 0 aromatic carbocycles. The molecule has 1 aromatic rings. The van der Waals surface area contributed by atoms with Crippen LogP contribution < -0.4 is 5.32 Å². The summed E-state index contributed by atoms with van der Waals surface area (Å²) in [4.78, 5) is 19.5. The Balaban J connectivity index is 2.58. The molecule has 0 aliphatic rings. The van der Waals surface area contributed by atoms with Gasteiger partial charge in [0, 0.05) is 12.2 Å². The van der Waals surface area contributed by atoms with Gasteiger partial charge in [-0.25, -0.2) is 14.8 Å². The number of rotatable bonds is 7. The predicted octanol–water partition coefficient (Wildman–Crippen LogP) is 2.89. The molecule has 0 amide bonds. The SMILES string of the molecule is COC(=O)c1cncnc1NC(C)CCCC(C)C. The van der Waals surface area contributed by atoms with Gasteiger partial charge in [-0.1, -0.05) is 26.7 Å². The highest BCUT2D eigenvalue weighted by molar-refractivity contribution is 5.94. The Morgan fingerprint density at radius 2 is 2.11 bits per heavy atom. The first-order valence-corrected chi connectivity index (χ1v) is 6.69. The lowest BCUT2D eigenvalue weighted by atomic mass is 10.0. The first kappa shape index (κ1) is 15.4. The third-order valence-corrected chi connectivity index (χ3v) is 2.92. The largest absolute Gasteiger partial charge is 0.465 e. The van der Waals surface area contributed by atoms with Gasteiger partial charge >= 0.3 is 5.97 Å². The van der Waals surface area contributed by atoms with Crippen LogP contribution in [0.1, 0.15) is 50.4 Å². The maximum Gasteiger partial charge on any atom is 0.343 e. The van der Waals surface area contributed by atoms with Gasteiger partial charge in [-0.2, -0.15) is 0 Å². The molecule has 1 N–H and O–H groups in total. The number of esters is 1. The van der Waals surface area contributed by atoms with Crippen molar-refractivity contribution in [3.8, 4) is 0 Å². The molecular formula is C14H23N3O2. The second-order valence-electron chi connectivity index (χ2n) is 5.15. The van der Waals surface area contributed by atoms with Crippen LogP contribution in [0.3, 0.4) is 0 Å². The van der Waals surface area contributed by atoms with Gasteiger partial charge in [0.15, 0.2) is 0 Å². The monoisotopic (exact) mass is 265 g/mol. The molecule has 0 saturated carbocycles. The van der Waals surface area contributed by atoms with Crippen LogP contribution in [0.15, 0.2) is 12.5 Å². The minimum Gasteiger partial charge on any atom is -0.465 e. The highest BCUT2D eigenvalue weighted by atomic mass is 16.5. The van der Waals surface area contributed by atoms with E-state index in [2.05, 4.69) is 36.1 Å². The van der Waals surface area contributed by atoms with E-state index in [1.807, 2.05) is 0 Å². The fourth-order valence-electron chi connectivity index (χ4n) is 1.84. The number of carbonyl (C=O) groups excluding carboxylic acids is 1. The Labute approximate surface area is 114 Å². The summed E-state index contributed by atoms with van der Waals surface area (Å²) < 4.78 is 4.71. The second kappa shape index (κ2) is 7.71. The molecule has 5 heteroatoms. The zero-order chi connectivity index (χ0) is 14.3. The Morgan fingerprint density at radius 1 is 1.37 bits per heavy atom. The van der Waals surface area contributed by atoms with Crippen molar-refractivity contribution in [3.63, 3.8) is 0 Å². The number of nitrogens with zero attached hydrogens (tertiary/aromatic N) is 2. The zero-order valence-electron chi connectivity index (χ0n) is 12.1. The van der Waals surface area contributed by atoms with Crippen LogP contribution in [-0.2, 0) is 4.74 Å².